The molecule has 4 rings (SSSR count). The normalized spacial score (nSPS) is 35.7. The van der Waals surface area contributed by atoms with Gasteiger partial charge in [-0.2, -0.15) is 0 Å². The van der Waals surface area contributed by atoms with Crippen LogP contribution in [-0.2, 0) is 16.0 Å². The summed E-state index contributed by atoms with van der Waals surface area (Å²) in [4.78, 5) is 9.08. The first-order valence-electron chi connectivity index (χ1n) is 9.32. The van der Waals surface area contributed by atoms with Crippen LogP contribution in [0.3, 0.4) is 0 Å². The molecule has 25 heavy (non-hydrogen) atoms. The topological polar surface area (TPSA) is 58.1 Å². The zero-order chi connectivity index (χ0) is 17.4. The maximum atomic E-state index is 11.4. The molecule has 0 unspecified atom stereocenters. The van der Waals surface area contributed by atoms with E-state index in [1.807, 2.05) is 25.2 Å². The summed E-state index contributed by atoms with van der Waals surface area (Å²) in [6.45, 7) is 4.50. The van der Waals surface area contributed by atoms with Crippen LogP contribution >= 0.6 is 0 Å². The average molecular weight is 347 g/mol. The molecular weight excluding hydrogens is 318 g/mol. The number of piperidine rings is 1. The van der Waals surface area contributed by atoms with Crippen LogP contribution in [0.1, 0.15) is 18.4 Å². The molecule has 0 bridgehead atoms. The molecule has 1 aromatic heterocycles. The summed E-state index contributed by atoms with van der Waals surface area (Å²) < 4.78 is 11.4. The third kappa shape index (κ3) is 3.16. The second-order valence-corrected chi connectivity index (χ2v) is 7.90. The summed E-state index contributed by atoms with van der Waals surface area (Å²) in [7, 11) is 4.01. The number of rotatable bonds is 3. The molecular formula is C19H29N3O3. The molecule has 0 amide bonds. The first kappa shape index (κ1) is 17.2. The van der Waals surface area contributed by atoms with E-state index in [1.54, 1.807) is 0 Å². The van der Waals surface area contributed by atoms with Gasteiger partial charge in [0.2, 0.25) is 0 Å². The van der Waals surface area contributed by atoms with Gasteiger partial charge in [-0.05, 0) is 18.1 Å². The Morgan fingerprint density at radius 2 is 2.12 bits per heavy atom. The highest BCUT2D eigenvalue weighted by molar-refractivity contribution is 5.37. The van der Waals surface area contributed by atoms with E-state index < -0.39 is 5.60 Å². The van der Waals surface area contributed by atoms with Gasteiger partial charge >= 0.3 is 0 Å². The van der Waals surface area contributed by atoms with Crippen LogP contribution in [0.2, 0.25) is 0 Å². The zero-order valence-corrected chi connectivity index (χ0v) is 15.2. The summed E-state index contributed by atoms with van der Waals surface area (Å²) in [6.07, 6.45) is 3.70. The molecule has 6 heteroatoms. The number of aliphatic hydroxyl groups is 1. The summed E-state index contributed by atoms with van der Waals surface area (Å²) >= 11 is 0. The number of likely N-dealkylation sites (tertiary alicyclic amines) is 1. The molecule has 0 radical (unpaired) electrons. The Balaban J connectivity index is 1.54. The van der Waals surface area contributed by atoms with Gasteiger partial charge in [0.15, 0.2) is 0 Å². The Labute approximate surface area is 149 Å². The molecule has 0 aliphatic carbocycles. The van der Waals surface area contributed by atoms with Crippen LogP contribution < -0.4 is 4.90 Å². The van der Waals surface area contributed by atoms with E-state index in [-0.39, 0.29) is 11.8 Å². The van der Waals surface area contributed by atoms with Crippen LogP contribution in [0.25, 0.3) is 0 Å². The fraction of sp³-hybridized carbons (Fsp3) is 0.737. The Morgan fingerprint density at radius 3 is 2.88 bits per heavy atom. The van der Waals surface area contributed by atoms with Crippen molar-refractivity contribution in [3.8, 4) is 0 Å². The van der Waals surface area contributed by atoms with E-state index in [4.69, 9.17) is 9.47 Å². The molecule has 4 heterocycles. The second-order valence-electron chi connectivity index (χ2n) is 7.90. The Hall–Kier alpha value is -1.21. The second kappa shape index (κ2) is 6.83. The van der Waals surface area contributed by atoms with E-state index >= 15 is 0 Å². The molecule has 4 atom stereocenters. The lowest BCUT2D eigenvalue weighted by Gasteiger charge is -2.57. The minimum Gasteiger partial charge on any atom is -0.389 e. The largest absolute Gasteiger partial charge is 0.389 e. The first-order valence-corrected chi connectivity index (χ1v) is 9.32. The minimum atomic E-state index is -0.632. The number of hydrogen-bond acceptors (Lipinski definition) is 6. The predicted octanol–water partition coefficient (Wildman–Crippen LogP) is 1.14. The molecule has 3 aliphatic heterocycles. The Kier molecular flexibility index (Phi) is 4.71. The van der Waals surface area contributed by atoms with Gasteiger partial charge in [-0.1, -0.05) is 6.07 Å². The average Bonchev–Trinajstić information content (AvgIpc) is 2.63. The van der Waals surface area contributed by atoms with Gasteiger partial charge in [-0.25, -0.2) is 4.98 Å². The molecule has 1 N–H and O–H groups in total. The van der Waals surface area contributed by atoms with Crippen molar-refractivity contribution >= 4 is 5.82 Å². The lowest BCUT2D eigenvalue weighted by atomic mass is 9.66. The van der Waals surface area contributed by atoms with Gasteiger partial charge in [0, 0.05) is 70.9 Å². The highest BCUT2D eigenvalue weighted by Crippen LogP contribution is 2.44. The molecule has 0 spiro atoms. The number of hydrogen-bond donors (Lipinski definition) is 1. The van der Waals surface area contributed by atoms with E-state index in [1.165, 1.54) is 5.56 Å². The Morgan fingerprint density at radius 1 is 1.28 bits per heavy atom. The van der Waals surface area contributed by atoms with Crippen molar-refractivity contribution in [3.63, 3.8) is 0 Å². The fourth-order valence-corrected chi connectivity index (χ4v) is 4.76. The number of ether oxygens (including phenoxy) is 2. The molecule has 6 nitrogen and oxygen atoms in total. The fourth-order valence-electron chi connectivity index (χ4n) is 4.76. The third-order valence-electron chi connectivity index (χ3n) is 6.21. The van der Waals surface area contributed by atoms with Crippen LogP contribution in [0, 0.1) is 11.8 Å². The van der Waals surface area contributed by atoms with E-state index in [0.717, 1.165) is 38.4 Å². The van der Waals surface area contributed by atoms with Crippen molar-refractivity contribution in [2.45, 2.75) is 31.0 Å². The quantitative estimate of drug-likeness (QED) is 0.885. The van der Waals surface area contributed by atoms with Gasteiger partial charge in [-0.15, -0.1) is 0 Å². The first-order chi connectivity index (χ1) is 12.1. The zero-order valence-electron chi connectivity index (χ0n) is 15.2. The number of nitrogens with zero attached hydrogens (tertiary/aromatic N) is 3. The van der Waals surface area contributed by atoms with Gasteiger partial charge in [0.05, 0.1) is 18.8 Å². The number of anilines is 1. The molecule has 3 saturated heterocycles. The standard InChI is InChI=1S/C19H29N3O3/c1-21(2)18-4-3-14(9-20-18)10-22-11-15-12-25-8-6-19(15,23)16-13-24-7-5-17(16)22/h3-4,9,15-17,23H,5-8,10-13H2,1-2H3/t15-,16+,17-,19-/m0/s1. The van der Waals surface area contributed by atoms with Crippen LogP contribution in [-0.4, -0.2) is 73.7 Å². The predicted molar refractivity (Wildman–Crippen MR) is 95.6 cm³/mol. The van der Waals surface area contributed by atoms with Crippen molar-refractivity contribution in [2.75, 3.05) is 52.0 Å². The number of fused-ring (bicyclic) bond motifs is 3. The summed E-state index contributed by atoms with van der Waals surface area (Å²) in [5, 5.41) is 11.4. The van der Waals surface area contributed by atoms with Crippen LogP contribution in [0.15, 0.2) is 18.3 Å². The highest BCUT2D eigenvalue weighted by Gasteiger charge is 2.55. The molecule has 0 aromatic carbocycles. The van der Waals surface area contributed by atoms with E-state index in [0.29, 0.717) is 25.9 Å². The van der Waals surface area contributed by atoms with E-state index in [9.17, 15) is 5.11 Å². The van der Waals surface area contributed by atoms with E-state index in [2.05, 4.69) is 22.0 Å². The van der Waals surface area contributed by atoms with Crippen molar-refractivity contribution in [1.82, 2.24) is 9.88 Å². The van der Waals surface area contributed by atoms with Gasteiger partial charge in [-0.3, -0.25) is 4.90 Å². The highest BCUT2D eigenvalue weighted by atomic mass is 16.5. The molecule has 1 aromatic rings. The molecule has 138 valence electrons. The van der Waals surface area contributed by atoms with Crippen molar-refractivity contribution in [1.29, 1.82) is 0 Å². The monoisotopic (exact) mass is 347 g/mol. The van der Waals surface area contributed by atoms with Gasteiger partial charge in [0.25, 0.3) is 0 Å². The number of aromatic nitrogens is 1. The third-order valence-corrected chi connectivity index (χ3v) is 6.21. The van der Waals surface area contributed by atoms with Gasteiger partial charge in [0.1, 0.15) is 5.82 Å². The molecule has 3 aliphatic rings. The van der Waals surface area contributed by atoms with Crippen LogP contribution in [0.5, 0.6) is 0 Å². The smallest absolute Gasteiger partial charge is 0.127 e. The summed E-state index contributed by atoms with van der Waals surface area (Å²) in [5.41, 5.74) is 0.588. The minimum absolute atomic E-state index is 0.165. The SMILES string of the molecule is CN(C)c1ccc(CN2C[C@H]3COCC[C@@]3(O)[C@@H]3COCC[C@@H]32)cn1. The summed E-state index contributed by atoms with van der Waals surface area (Å²) in [6, 6.07) is 4.61. The van der Waals surface area contributed by atoms with Crippen molar-refractivity contribution < 1.29 is 14.6 Å². The lowest BCUT2D eigenvalue weighted by Crippen LogP contribution is -2.67. The maximum Gasteiger partial charge on any atom is 0.127 e. The van der Waals surface area contributed by atoms with Crippen molar-refractivity contribution in [2.24, 2.45) is 11.8 Å². The van der Waals surface area contributed by atoms with Crippen LogP contribution in [0.4, 0.5) is 5.82 Å². The number of pyridine rings is 1. The molecule has 0 saturated carbocycles. The molecule has 3 fully saturated rings. The van der Waals surface area contributed by atoms with Crippen molar-refractivity contribution in [3.05, 3.63) is 23.9 Å². The maximum absolute atomic E-state index is 11.4. The summed E-state index contributed by atoms with van der Waals surface area (Å²) in [5.74, 6) is 1.32. The Bertz CT molecular complexity index is 594. The lowest BCUT2D eigenvalue weighted by molar-refractivity contribution is -0.221. The van der Waals surface area contributed by atoms with Gasteiger partial charge < -0.3 is 19.5 Å².